The first-order chi connectivity index (χ1) is 18.8. The van der Waals surface area contributed by atoms with E-state index in [0.717, 1.165) is 17.0 Å². The smallest absolute Gasteiger partial charge is 0.240 e. The predicted octanol–water partition coefficient (Wildman–Crippen LogP) is 2.61. The fraction of sp³-hybridized carbons (Fsp3) is 0. The lowest BCUT2D eigenvalue weighted by Gasteiger charge is -2.32. The van der Waals surface area contributed by atoms with Crippen molar-refractivity contribution in [3.63, 3.8) is 0 Å². The van der Waals surface area contributed by atoms with E-state index in [0.29, 0.717) is 5.88 Å². The molecule has 6 aromatic rings. The van der Waals surface area contributed by atoms with Gasteiger partial charge in [-0.05, 0) is 29.8 Å². The maximum Gasteiger partial charge on any atom is 0.240 e. The van der Waals surface area contributed by atoms with E-state index < -0.39 is 0 Å². The van der Waals surface area contributed by atoms with Gasteiger partial charge in [-0.3, -0.25) is 5.10 Å². The second kappa shape index (κ2) is 9.56. The maximum atomic E-state index is 6.22. The molecule has 0 aliphatic carbocycles. The lowest BCUT2D eigenvalue weighted by atomic mass is 9.21. The molecule has 4 nitrogen and oxygen atoms in total. The Labute approximate surface area is 222 Å². The molecule has 1 aliphatic rings. The molecule has 6 heteroatoms. The van der Waals surface area contributed by atoms with Crippen LogP contribution in [0.25, 0.3) is 11.3 Å². The number of hydrogen-bond donors (Lipinski definition) is 1. The zero-order chi connectivity index (χ0) is 25.3. The number of nitrogens with zero attached hydrogens (tertiary/aromatic N) is 2. The Bertz CT molecular complexity index is 1710. The third kappa shape index (κ3) is 4.00. The van der Waals surface area contributed by atoms with E-state index in [1.165, 1.54) is 32.8 Å². The molecule has 0 unspecified atom stereocenters. The second-order valence-electron chi connectivity index (χ2n) is 9.56. The average molecular weight is 487 g/mol. The molecule has 2 aromatic heterocycles. The minimum absolute atomic E-state index is 0.0521. The molecule has 3 heterocycles. The van der Waals surface area contributed by atoms with Crippen molar-refractivity contribution in [2.45, 2.75) is 0 Å². The highest BCUT2D eigenvalue weighted by atomic mass is 16.5. The molecule has 0 radical (unpaired) electrons. The SMILES string of the molecule is c1ccc(B2c3ccccc3B(c3cccc(-c4ccn[nH]4)c3)c3cc(Oc4ccccn4)ccc32)cc1. The average Bonchev–Trinajstić information content (AvgIpc) is 3.52. The quantitative estimate of drug-likeness (QED) is 0.380. The highest BCUT2D eigenvalue weighted by Crippen LogP contribution is 2.19. The van der Waals surface area contributed by atoms with Crippen molar-refractivity contribution >= 4 is 46.2 Å². The van der Waals surface area contributed by atoms with Crippen molar-refractivity contribution in [1.82, 2.24) is 15.2 Å². The van der Waals surface area contributed by atoms with Gasteiger partial charge in [0.1, 0.15) is 5.75 Å². The minimum Gasteiger partial charge on any atom is -0.439 e. The van der Waals surface area contributed by atoms with Gasteiger partial charge in [-0.2, -0.15) is 5.10 Å². The van der Waals surface area contributed by atoms with Crippen molar-refractivity contribution in [2.75, 3.05) is 0 Å². The van der Waals surface area contributed by atoms with Crippen molar-refractivity contribution < 1.29 is 4.74 Å². The van der Waals surface area contributed by atoms with Gasteiger partial charge < -0.3 is 4.74 Å². The Morgan fingerprint density at radius 2 is 1.29 bits per heavy atom. The van der Waals surface area contributed by atoms with Crippen molar-refractivity contribution in [3.05, 3.63) is 134 Å². The summed E-state index contributed by atoms with van der Waals surface area (Å²) in [5, 5.41) is 7.27. The number of benzene rings is 4. The molecule has 1 N–H and O–H groups in total. The lowest BCUT2D eigenvalue weighted by molar-refractivity contribution is 0.463. The van der Waals surface area contributed by atoms with Crippen molar-refractivity contribution in [2.24, 2.45) is 0 Å². The molecular weight excluding hydrogens is 464 g/mol. The molecule has 0 atom stereocenters. The zero-order valence-corrected chi connectivity index (χ0v) is 20.7. The van der Waals surface area contributed by atoms with Crippen LogP contribution in [0.4, 0.5) is 0 Å². The van der Waals surface area contributed by atoms with Gasteiger partial charge >= 0.3 is 0 Å². The molecule has 4 aromatic carbocycles. The molecule has 7 rings (SSSR count). The first kappa shape index (κ1) is 22.4. The predicted molar refractivity (Wildman–Crippen MR) is 157 cm³/mol. The first-order valence-corrected chi connectivity index (χ1v) is 12.8. The van der Waals surface area contributed by atoms with Crippen LogP contribution in [0, 0.1) is 0 Å². The number of pyridine rings is 1. The molecule has 0 fully saturated rings. The summed E-state index contributed by atoms with van der Waals surface area (Å²) in [6.45, 7) is 0.189. The number of H-pyrrole nitrogens is 1. The van der Waals surface area contributed by atoms with E-state index in [2.05, 4.69) is 112 Å². The molecule has 178 valence electrons. The normalized spacial score (nSPS) is 12.1. The molecule has 0 amide bonds. The van der Waals surface area contributed by atoms with E-state index >= 15 is 0 Å². The maximum absolute atomic E-state index is 6.22. The van der Waals surface area contributed by atoms with Gasteiger partial charge in [-0.15, -0.1) is 0 Å². The summed E-state index contributed by atoms with van der Waals surface area (Å²) in [5.41, 5.74) is 9.81. The van der Waals surface area contributed by atoms with Crippen LogP contribution >= 0.6 is 0 Å². The topological polar surface area (TPSA) is 50.8 Å². The number of fused-ring (bicyclic) bond motifs is 2. The number of aromatic amines is 1. The van der Waals surface area contributed by atoms with Crippen LogP contribution in [0.1, 0.15) is 0 Å². The molecule has 0 saturated carbocycles. The van der Waals surface area contributed by atoms with Crippen molar-refractivity contribution in [3.8, 4) is 22.9 Å². The summed E-state index contributed by atoms with van der Waals surface area (Å²) < 4.78 is 6.22. The van der Waals surface area contributed by atoms with E-state index in [9.17, 15) is 0 Å². The van der Waals surface area contributed by atoms with Crippen LogP contribution in [-0.2, 0) is 0 Å². The largest absolute Gasteiger partial charge is 0.439 e. The summed E-state index contributed by atoms with van der Waals surface area (Å²) in [7, 11) is 0. The van der Waals surface area contributed by atoms with Crippen LogP contribution in [0.2, 0.25) is 0 Å². The fourth-order valence-corrected chi connectivity index (χ4v) is 5.70. The minimum atomic E-state index is 0.0521. The second-order valence-corrected chi connectivity index (χ2v) is 9.56. The van der Waals surface area contributed by atoms with Crippen LogP contribution in [0.3, 0.4) is 0 Å². The van der Waals surface area contributed by atoms with Crippen LogP contribution < -0.4 is 37.5 Å². The number of rotatable bonds is 5. The Hall–Kier alpha value is -4.83. The van der Waals surface area contributed by atoms with Gasteiger partial charge in [0.15, 0.2) is 0 Å². The van der Waals surface area contributed by atoms with Gasteiger partial charge in [0.2, 0.25) is 19.3 Å². The Morgan fingerprint density at radius 1 is 0.553 bits per heavy atom. The summed E-state index contributed by atoms with van der Waals surface area (Å²) in [6, 6.07) is 42.6. The van der Waals surface area contributed by atoms with E-state index in [4.69, 9.17) is 4.74 Å². The third-order valence-electron chi connectivity index (χ3n) is 7.32. The summed E-state index contributed by atoms with van der Waals surface area (Å²) in [4.78, 5) is 4.37. The third-order valence-corrected chi connectivity index (χ3v) is 7.32. The number of hydrogen-bond acceptors (Lipinski definition) is 3. The Kier molecular flexibility index (Phi) is 5.63. The lowest BCUT2D eigenvalue weighted by Crippen LogP contribution is -2.74. The molecule has 0 saturated heterocycles. The van der Waals surface area contributed by atoms with Crippen LogP contribution in [0.15, 0.2) is 134 Å². The molecule has 0 bridgehead atoms. The summed E-state index contributed by atoms with van der Waals surface area (Å²) in [5.74, 6) is 1.37. The molecular formula is C32H23B2N3O. The number of aromatic nitrogens is 3. The highest BCUT2D eigenvalue weighted by molar-refractivity contribution is 7.11. The molecule has 38 heavy (non-hydrogen) atoms. The van der Waals surface area contributed by atoms with E-state index in [-0.39, 0.29) is 13.4 Å². The van der Waals surface area contributed by atoms with E-state index in [1.54, 1.807) is 12.4 Å². The number of nitrogens with one attached hydrogen (secondary N) is 1. The molecule has 0 spiro atoms. The van der Waals surface area contributed by atoms with Crippen molar-refractivity contribution in [1.29, 1.82) is 0 Å². The van der Waals surface area contributed by atoms with Crippen LogP contribution in [-0.4, -0.2) is 28.6 Å². The first-order valence-electron chi connectivity index (χ1n) is 12.8. The molecule has 1 aliphatic heterocycles. The zero-order valence-electron chi connectivity index (χ0n) is 20.7. The fourth-order valence-electron chi connectivity index (χ4n) is 5.70. The van der Waals surface area contributed by atoms with Gasteiger partial charge in [0.05, 0.1) is 5.69 Å². The monoisotopic (exact) mass is 487 g/mol. The van der Waals surface area contributed by atoms with Gasteiger partial charge in [0, 0.05) is 18.5 Å². The van der Waals surface area contributed by atoms with Gasteiger partial charge in [-0.1, -0.05) is 124 Å². The van der Waals surface area contributed by atoms with Gasteiger partial charge in [0.25, 0.3) is 0 Å². The Morgan fingerprint density at radius 3 is 2.05 bits per heavy atom. The van der Waals surface area contributed by atoms with Crippen LogP contribution in [0.5, 0.6) is 11.6 Å². The number of ether oxygens (including phenoxy) is 1. The summed E-state index contributed by atoms with van der Waals surface area (Å²) >= 11 is 0. The Balaban J connectivity index is 1.43. The van der Waals surface area contributed by atoms with E-state index in [1.807, 2.05) is 24.3 Å². The standard InChI is InChI=1S/C32H23B2N3O/c1-2-10-24(11-3-1)33-27-13-4-5-14-28(27)34(25-12-8-9-23(21-25)31-18-20-36-37-31)30-22-26(16-17-29(30)33)38-32-15-6-7-19-35-32/h1-22H,(H,36,37). The van der Waals surface area contributed by atoms with Gasteiger partial charge in [-0.25, -0.2) is 4.98 Å². The summed E-state index contributed by atoms with van der Waals surface area (Å²) in [6.07, 6.45) is 3.54. The highest BCUT2D eigenvalue weighted by Gasteiger charge is 2.38.